The Morgan fingerprint density at radius 1 is 1.19 bits per heavy atom. The van der Waals surface area contributed by atoms with E-state index in [-0.39, 0.29) is 24.1 Å². The maximum Gasteiger partial charge on any atom is 0.225 e. The number of benzene rings is 2. The van der Waals surface area contributed by atoms with Crippen LogP contribution < -0.4 is 14.8 Å². The minimum atomic E-state index is -0.343. The van der Waals surface area contributed by atoms with Crippen molar-refractivity contribution in [3.8, 4) is 11.5 Å². The molecule has 2 atom stereocenters. The summed E-state index contributed by atoms with van der Waals surface area (Å²) in [7, 11) is 3.22. The number of ether oxygens (including phenoxy) is 2. The van der Waals surface area contributed by atoms with Gasteiger partial charge < -0.3 is 19.4 Å². The number of nitrogens with zero attached hydrogens (tertiary/aromatic N) is 2. The van der Waals surface area contributed by atoms with Gasteiger partial charge in [-0.15, -0.1) is 0 Å². The van der Waals surface area contributed by atoms with Crippen LogP contribution in [0.25, 0.3) is 0 Å². The van der Waals surface area contributed by atoms with E-state index in [0.29, 0.717) is 23.1 Å². The number of rotatable bonds is 7. The molecule has 2 heterocycles. The first kappa shape index (κ1) is 21.9. The average molecular weight is 438 g/mol. The van der Waals surface area contributed by atoms with Gasteiger partial charge in [-0.3, -0.25) is 4.79 Å². The number of amides is 1. The fourth-order valence-corrected chi connectivity index (χ4v) is 4.36. The molecule has 2 aromatic carbocycles. The molecular weight excluding hydrogens is 409 g/mol. The van der Waals surface area contributed by atoms with E-state index >= 15 is 0 Å². The average Bonchev–Trinajstić information content (AvgIpc) is 3.24. The number of anilines is 1. The molecule has 1 N–H and O–H groups in total. The standard InChI is InChI=1S/C25H28FN3O3/c1-16-5-4-10-29-23(15-27-25(16)29)22(17-11-20(31-2)13-21(12-17)32-3)14-24(30)28-19-8-6-18(26)7-9-19/h6-9,11-13,15-16,22H,4-5,10,14H2,1-3H3,(H,28,30). The van der Waals surface area contributed by atoms with Crippen LogP contribution >= 0.6 is 0 Å². The summed E-state index contributed by atoms with van der Waals surface area (Å²) in [4.78, 5) is 17.7. The molecule has 1 aromatic heterocycles. The van der Waals surface area contributed by atoms with Gasteiger partial charge in [-0.2, -0.15) is 0 Å². The van der Waals surface area contributed by atoms with E-state index in [2.05, 4.69) is 16.8 Å². The molecule has 0 saturated carbocycles. The Hall–Kier alpha value is -3.35. The lowest BCUT2D eigenvalue weighted by Crippen LogP contribution is -2.21. The van der Waals surface area contributed by atoms with Gasteiger partial charge in [0.25, 0.3) is 0 Å². The molecule has 2 unspecified atom stereocenters. The Balaban J connectivity index is 1.70. The summed E-state index contributed by atoms with van der Waals surface area (Å²) < 4.78 is 26.4. The van der Waals surface area contributed by atoms with Gasteiger partial charge in [-0.05, 0) is 54.8 Å². The smallest absolute Gasteiger partial charge is 0.225 e. The number of methoxy groups -OCH3 is 2. The molecule has 4 rings (SSSR count). The van der Waals surface area contributed by atoms with Crippen LogP contribution in [0, 0.1) is 5.82 Å². The van der Waals surface area contributed by atoms with Crippen LogP contribution in [0.2, 0.25) is 0 Å². The first-order chi connectivity index (χ1) is 15.5. The van der Waals surface area contributed by atoms with E-state index in [1.807, 2.05) is 24.4 Å². The zero-order valence-electron chi connectivity index (χ0n) is 18.6. The van der Waals surface area contributed by atoms with E-state index in [0.717, 1.165) is 36.5 Å². The lowest BCUT2D eigenvalue weighted by molar-refractivity contribution is -0.116. The molecule has 168 valence electrons. The van der Waals surface area contributed by atoms with Gasteiger partial charge in [0.1, 0.15) is 23.1 Å². The molecule has 3 aromatic rings. The van der Waals surface area contributed by atoms with Crippen molar-refractivity contribution in [3.05, 3.63) is 71.6 Å². The number of hydrogen-bond donors (Lipinski definition) is 1. The first-order valence-electron chi connectivity index (χ1n) is 10.8. The summed E-state index contributed by atoms with van der Waals surface area (Å²) in [6, 6.07) is 11.4. The van der Waals surface area contributed by atoms with Crippen LogP contribution in [0.3, 0.4) is 0 Å². The van der Waals surface area contributed by atoms with E-state index in [4.69, 9.17) is 14.5 Å². The second-order valence-corrected chi connectivity index (χ2v) is 8.19. The zero-order valence-corrected chi connectivity index (χ0v) is 18.6. The number of nitrogens with one attached hydrogen (secondary N) is 1. The van der Waals surface area contributed by atoms with E-state index in [1.54, 1.807) is 26.4 Å². The summed E-state index contributed by atoms with van der Waals surface area (Å²) in [5, 5.41) is 2.88. The highest BCUT2D eigenvalue weighted by Gasteiger charge is 2.28. The summed E-state index contributed by atoms with van der Waals surface area (Å²) in [6.07, 6.45) is 4.28. The molecule has 1 aliphatic rings. The number of fused-ring (bicyclic) bond motifs is 1. The highest BCUT2D eigenvalue weighted by molar-refractivity contribution is 5.91. The van der Waals surface area contributed by atoms with Crippen molar-refractivity contribution in [1.29, 1.82) is 0 Å². The molecule has 32 heavy (non-hydrogen) atoms. The Labute approximate surface area is 187 Å². The molecule has 1 amide bonds. The van der Waals surface area contributed by atoms with Crippen molar-refractivity contribution < 1.29 is 18.7 Å². The van der Waals surface area contributed by atoms with Crippen molar-refractivity contribution in [2.24, 2.45) is 0 Å². The van der Waals surface area contributed by atoms with Crippen LogP contribution in [0.4, 0.5) is 10.1 Å². The molecule has 0 saturated heterocycles. The Morgan fingerprint density at radius 3 is 2.53 bits per heavy atom. The zero-order chi connectivity index (χ0) is 22.7. The van der Waals surface area contributed by atoms with Crippen molar-refractivity contribution in [2.75, 3.05) is 19.5 Å². The summed E-state index contributed by atoms with van der Waals surface area (Å²) in [5.41, 5.74) is 2.47. The lowest BCUT2D eigenvalue weighted by atomic mass is 9.91. The predicted molar refractivity (Wildman–Crippen MR) is 121 cm³/mol. The van der Waals surface area contributed by atoms with Crippen LogP contribution in [0.5, 0.6) is 11.5 Å². The highest BCUT2D eigenvalue weighted by atomic mass is 19.1. The topological polar surface area (TPSA) is 65.4 Å². The second kappa shape index (κ2) is 9.42. The molecule has 0 aliphatic carbocycles. The van der Waals surface area contributed by atoms with Gasteiger partial charge in [-0.25, -0.2) is 9.37 Å². The second-order valence-electron chi connectivity index (χ2n) is 8.19. The maximum absolute atomic E-state index is 13.2. The Bertz CT molecular complexity index is 1070. The van der Waals surface area contributed by atoms with E-state index in [9.17, 15) is 9.18 Å². The highest BCUT2D eigenvalue weighted by Crippen LogP contribution is 2.37. The van der Waals surface area contributed by atoms with Gasteiger partial charge in [0, 0.05) is 48.4 Å². The molecular formula is C25H28FN3O3. The van der Waals surface area contributed by atoms with Crippen LogP contribution in [-0.4, -0.2) is 29.7 Å². The Morgan fingerprint density at radius 2 is 1.88 bits per heavy atom. The molecule has 7 heteroatoms. The Kier molecular flexibility index (Phi) is 6.44. The third kappa shape index (κ3) is 4.61. The molecule has 0 spiro atoms. The first-order valence-corrected chi connectivity index (χ1v) is 10.8. The summed E-state index contributed by atoms with van der Waals surface area (Å²) in [6.45, 7) is 3.07. The van der Waals surface area contributed by atoms with Crippen molar-refractivity contribution in [2.45, 2.75) is 44.6 Å². The maximum atomic E-state index is 13.2. The van der Waals surface area contributed by atoms with Crippen LogP contribution in [0.15, 0.2) is 48.7 Å². The number of imidazole rings is 1. The number of carbonyl (C=O) groups excluding carboxylic acids is 1. The fourth-order valence-electron chi connectivity index (χ4n) is 4.36. The molecule has 0 fully saturated rings. The summed E-state index contributed by atoms with van der Waals surface area (Å²) >= 11 is 0. The molecule has 0 radical (unpaired) electrons. The SMILES string of the molecule is COc1cc(OC)cc(C(CC(=O)Nc2ccc(F)cc2)c2cnc3n2CCCC3C)c1. The van der Waals surface area contributed by atoms with E-state index < -0.39 is 0 Å². The minimum Gasteiger partial charge on any atom is -0.497 e. The lowest BCUT2D eigenvalue weighted by Gasteiger charge is -2.25. The number of carbonyl (C=O) groups is 1. The van der Waals surface area contributed by atoms with Gasteiger partial charge in [-0.1, -0.05) is 6.92 Å². The normalized spacial score (nSPS) is 16.2. The van der Waals surface area contributed by atoms with Crippen molar-refractivity contribution in [1.82, 2.24) is 9.55 Å². The number of hydrogen-bond acceptors (Lipinski definition) is 4. The monoisotopic (exact) mass is 437 g/mol. The van der Waals surface area contributed by atoms with Gasteiger partial charge >= 0.3 is 0 Å². The van der Waals surface area contributed by atoms with Crippen molar-refractivity contribution >= 4 is 11.6 Å². The predicted octanol–water partition coefficient (Wildman–Crippen LogP) is 5.10. The van der Waals surface area contributed by atoms with Crippen molar-refractivity contribution in [3.63, 3.8) is 0 Å². The van der Waals surface area contributed by atoms with Gasteiger partial charge in [0.15, 0.2) is 0 Å². The van der Waals surface area contributed by atoms with E-state index in [1.165, 1.54) is 12.1 Å². The number of aromatic nitrogens is 2. The minimum absolute atomic E-state index is 0.164. The quantitative estimate of drug-likeness (QED) is 0.559. The largest absolute Gasteiger partial charge is 0.497 e. The van der Waals surface area contributed by atoms with Crippen LogP contribution in [-0.2, 0) is 11.3 Å². The summed E-state index contributed by atoms with van der Waals surface area (Å²) in [5.74, 6) is 2.01. The number of halogens is 1. The molecule has 1 aliphatic heterocycles. The molecule has 0 bridgehead atoms. The fraction of sp³-hybridized carbons (Fsp3) is 0.360. The third-order valence-electron chi connectivity index (χ3n) is 6.03. The third-order valence-corrected chi connectivity index (χ3v) is 6.03. The van der Waals surface area contributed by atoms with Crippen LogP contribution in [0.1, 0.15) is 55.1 Å². The van der Waals surface area contributed by atoms with Gasteiger partial charge in [0.05, 0.1) is 14.2 Å². The molecule has 6 nitrogen and oxygen atoms in total. The van der Waals surface area contributed by atoms with Gasteiger partial charge in [0.2, 0.25) is 5.91 Å².